The van der Waals surface area contributed by atoms with Crippen LogP contribution in [0.4, 0.5) is 0 Å². The van der Waals surface area contributed by atoms with Gasteiger partial charge >= 0.3 is 0 Å². The summed E-state index contributed by atoms with van der Waals surface area (Å²) in [4.78, 5) is 14.3. The van der Waals surface area contributed by atoms with Crippen LogP contribution in [-0.2, 0) is 11.2 Å². The summed E-state index contributed by atoms with van der Waals surface area (Å²) in [5.41, 5.74) is 2.51. The second-order valence-electron chi connectivity index (χ2n) is 5.45. The van der Waals surface area contributed by atoms with E-state index in [9.17, 15) is 9.90 Å². The van der Waals surface area contributed by atoms with E-state index >= 15 is 0 Å². The molecule has 102 valence electrons. The van der Waals surface area contributed by atoms with Crippen molar-refractivity contribution in [2.45, 2.75) is 37.8 Å². The first-order chi connectivity index (χ1) is 9.20. The second-order valence-corrected chi connectivity index (χ2v) is 5.45. The number of phenolic OH excluding ortho intramolecular Hbond substituents is 1. The highest BCUT2D eigenvalue weighted by Gasteiger charge is 2.38. The molecule has 1 amide bonds. The molecule has 3 rings (SSSR count). The van der Waals surface area contributed by atoms with Crippen molar-refractivity contribution in [2.75, 3.05) is 13.6 Å². The number of fused-ring (bicyclic) bond motifs is 1. The Hall–Kier alpha value is -1.55. The fraction of sp³-hybridized carbons (Fsp3) is 0.533. The van der Waals surface area contributed by atoms with Crippen LogP contribution in [0.3, 0.4) is 0 Å². The van der Waals surface area contributed by atoms with Crippen molar-refractivity contribution in [3.63, 3.8) is 0 Å². The normalized spacial score (nSPS) is 26.4. The van der Waals surface area contributed by atoms with Crippen molar-refractivity contribution in [2.24, 2.45) is 0 Å². The first-order valence-electron chi connectivity index (χ1n) is 7.00. The quantitative estimate of drug-likeness (QED) is 0.849. The Morgan fingerprint density at radius 1 is 1.42 bits per heavy atom. The average Bonchev–Trinajstić information content (AvgIpc) is 3.02. The van der Waals surface area contributed by atoms with Crippen LogP contribution in [0.5, 0.6) is 5.75 Å². The van der Waals surface area contributed by atoms with Crippen molar-refractivity contribution in [1.29, 1.82) is 0 Å². The molecule has 0 aromatic heterocycles. The Bertz CT molecular complexity index is 501. The van der Waals surface area contributed by atoms with Gasteiger partial charge in [-0.2, -0.15) is 0 Å². The van der Waals surface area contributed by atoms with Crippen LogP contribution in [0.1, 0.15) is 36.4 Å². The molecule has 2 unspecified atom stereocenters. The second kappa shape index (κ2) is 4.85. The molecule has 1 saturated heterocycles. The van der Waals surface area contributed by atoms with Crippen molar-refractivity contribution in [3.8, 4) is 5.75 Å². The largest absolute Gasteiger partial charge is 0.508 e. The Kier molecular flexibility index (Phi) is 3.19. The molecule has 1 fully saturated rings. The number of rotatable bonds is 2. The molecule has 4 nitrogen and oxygen atoms in total. The molecule has 0 spiro atoms. The van der Waals surface area contributed by atoms with E-state index in [0.29, 0.717) is 11.8 Å². The zero-order valence-corrected chi connectivity index (χ0v) is 11.2. The fourth-order valence-electron chi connectivity index (χ4n) is 3.54. The van der Waals surface area contributed by atoms with Gasteiger partial charge in [-0.25, -0.2) is 0 Å². The molecular formula is C15H20N2O2. The van der Waals surface area contributed by atoms with Crippen LogP contribution in [0.2, 0.25) is 0 Å². The lowest BCUT2D eigenvalue weighted by molar-refractivity contribution is -0.125. The number of phenols is 1. The maximum absolute atomic E-state index is 12.0. The van der Waals surface area contributed by atoms with Gasteiger partial charge in [0.2, 0.25) is 5.91 Å². The van der Waals surface area contributed by atoms with Crippen molar-refractivity contribution in [3.05, 3.63) is 29.3 Å². The standard InChI is InChI=1S/C15H20N2O2/c1-16-15(19)14-3-2-8-17(14)13-7-4-10-9-11(18)5-6-12(10)13/h5-6,9,13-14,18H,2-4,7-8H2,1H3,(H,16,19). The summed E-state index contributed by atoms with van der Waals surface area (Å²) in [7, 11) is 1.71. The summed E-state index contributed by atoms with van der Waals surface area (Å²) in [6.45, 7) is 0.989. The van der Waals surface area contributed by atoms with Crippen molar-refractivity contribution in [1.82, 2.24) is 10.2 Å². The molecule has 1 aromatic carbocycles. The van der Waals surface area contributed by atoms with Gasteiger partial charge in [0.1, 0.15) is 5.75 Å². The van der Waals surface area contributed by atoms with Gasteiger partial charge in [-0.3, -0.25) is 9.69 Å². The van der Waals surface area contributed by atoms with Gasteiger partial charge in [-0.05, 0) is 55.5 Å². The maximum atomic E-state index is 12.0. The molecule has 2 atom stereocenters. The molecule has 1 aromatic rings. The van der Waals surface area contributed by atoms with Crippen LogP contribution >= 0.6 is 0 Å². The monoisotopic (exact) mass is 260 g/mol. The van der Waals surface area contributed by atoms with E-state index in [2.05, 4.69) is 10.2 Å². The SMILES string of the molecule is CNC(=O)C1CCCN1C1CCc2cc(O)ccc21. The number of benzene rings is 1. The minimum absolute atomic E-state index is 0.00903. The first kappa shape index (κ1) is 12.5. The molecular weight excluding hydrogens is 240 g/mol. The molecule has 0 bridgehead atoms. The lowest BCUT2D eigenvalue weighted by Crippen LogP contribution is -2.43. The number of hydrogen-bond donors (Lipinski definition) is 2. The molecule has 1 heterocycles. The summed E-state index contributed by atoms with van der Waals surface area (Å²) in [6, 6.07) is 5.97. The third-order valence-electron chi connectivity index (χ3n) is 4.42. The van der Waals surface area contributed by atoms with Gasteiger partial charge in [-0.1, -0.05) is 6.07 Å². The van der Waals surface area contributed by atoms with Crippen molar-refractivity contribution < 1.29 is 9.90 Å². The minimum Gasteiger partial charge on any atom is -0.508 e. The molecule has 2 N–H and O–H groups in total. The number of likely N-dealkylation sites (N-methyl/N-ethyl adjacent to an activating group) is 1. The van der Waals surface area contributed by atoms with Gasteiger partial charge < -0.3 is 10.4 Å². The molecule has 2 aliphatic rings. The number of carbonyl (C=O) groups excluding carboxylic acids is 1. The van der Waals surface area contributed by atoms with E-state index in [1.54, 1.807) is 13.1 Å². The van der Waals surface area contributed by atoms with E-state index in [-0.39, 0.29) is 11.9 Å². The van der Waals surface area contributed by atoms with Crippen LogP contribution < -0.4 is 5.32 Å². The number of aryl methyl sites for hydroxylation is 1. The van der Waals surface area contributed by atoms with E-state index < -0.39 is 0 Å². The lowest BCUT2D eigenvalue weighted by atomic mass is 10.1. The van der Waals surface area contributed by atoms with Gasteiger partial charge in [-0.15, -0.1) is 0 Å². The Morgan fingerprint density at radius 2 is 2.26 bits per heavy atom. The molecule has 1 aliphatic heterocycles. The molecule has 0 saturated carbocycles. The Morgan fingerprint density at radius 3 is 3.05 bits per heavy atom. The maximum Gasteiger partial charge on any atom is 0.237 e. The predicted octanol–water partition coefficient (Wildman–Crippen LogP) is 1.59. The van der Waals surface area contributed by atoms with Crippen LogP contribution in [-0.4, -0.2) is 35.5 Å². The van der Waals surface area contributed by atoms with Crippen LogP contribution in [0.15, 0.2) is 18.2 Å². The van der Waals surface area contributed by atoms with E-state index in [4.69, 9.17) is 0 Å². The fourth-order valence-corrected chi connectivity index (χ4v) is 3.54. The Labute approximate surface area is 113 Å². The Balaban J connectivity index is 1.87. The minimum atomic E-state index is 0.00903. The summed E-state index contributed by atoms with van der Waals surface area (Å²) < 4.78 is 0. The van der Waals surface area contributed by atoms with E-state index in [1.165, 1.54) is 11.1 Å². The molecule has 0 radical (unpaired) electrons. The summed E-state index contributed by atoms with van der Waals surface area (Å²) >= 11 is 0. The van der Waals surface area contributed by atoms with Crippen LogP contribution in [0.25, 0.3) is 0 Å². The first-order valence-corrected chi connectivity index (χ1v) is 7.00. The van der Waals surface area contributed by atoms with Crippen LogP contribution in [0, 0.1) is 0 Å². The highest BCUT2D eigenvalue weighted by molar-refractivity contribution is 5.81. The zero-order chi connectivity index (χ0) is 13.4. The summed E-state index contributed by atoms with van der Waals surface area (Å²) in [5, 5.41) is 12.3. The van der Waals surface area contributed by atoms with Gasteiger partial charge in [0.05, 0.1) is 6.04 Å². The molecule has 19 heavy (non-hydrogen) atoms. The summed E-state index contributed by atoms with van der Waals surface area (Å²) in [6.07, 6.45) is 4.07. The van der Waals surface area contributed by atoms with Gasteiger partial charge in [0.25, 0.3) is 0 Å². The highest BCUT2D eigenvalue weighted by atomic mass is 16.3. The molecule has 4 heteroatoms. The lowest BCUT2D eigenvalue weighted by Gasteiger charge is -2.30. The smallest absolute Gasteiger partial charge is 0.237 e. The average molecular weight is 260 g/mol. The molecule has 1 aliphatic carbocycles. The predicted molar refractivity (Wildman–Crippen MR) is 73.0 cm³/mol. The topological polar surface area (TPSA) is 52.6 Å². The van der Waals surface area contributed by atoms with E-state index in [0.717, 1.165) is 32.2 Å². The number of nitrogens with zero attached hydrogens (tertiary/aromatic N) is 1. The van der Waals surface area contributed by atoms with Gasteiger partial charge in [0, 0.05) is 13.1 Å². The van der Waals surface area contributed by atoms with Crippen molar-refractivity contribution >= 4 is 5.91 Å². The number of hydrogen-bond acceptors (Lipinski definition) is 3. The zero-order valence-electron chi connectivity index (χ0n) is 11.2. The highest BCUT2D eigenvalue weighted by Crippen LogP contribution is 2.40. The van der Waals surface area contributed by atoms with E-state index in [1.807, 2.05) is 12.1 Å². The number of nitrogens with one attached hydrogen (secondary N) is 1. The number of amides is 1. The summed E-state index contributed by atoms with van der Waals surface area (Å²) in [5.74, 6) is 0.466. The number of aromatic hydroxyl groups is 1. The number of likely N-dealkylation sites (tertiary alicyclic amines) is 1. The number of carbonyl (C=O) groups is 1. The third-order valence-corrected chi connectivity index (χ3v) is 4.42. The third kappa shape index (κ3) is 2.10. The van der Waals surface area contributed by atoms with Gasteiger partial charge in [0.15, 0.2) is 0 Å².